The number of anilines is 1. The predicted molar refractivity (Wildman–Crippen MR) is 48.8 cm³/mol. The summed E-state index contributed by atoms with van der Waals surface area (Å²) in [5.74, 6) is -0.0432. The first-order valence-electron chi connectivity index (χ1n) is 3.70. The Morgan fingerprint density at radius 3 is 3.00 bits per heavy atom. The van der Waals surface area contributed by atoms with E-state index in [1.807, 2.05) is 0 Å². The van der Waals surface area contributed by atoms with Crippen LogP contribution in [-0.4, -0.2) is 18.2 Å². The van der Waals surface area contributed by atoms with Crippen molar-refractivity contribution in [2.24, 2.45) is 0 Å². The Bertz CT molecular complexity index is 396. The SMILES string of the molecule is CC(=O)N1CC(=O)c2oc(Br)cc21. The van der Waals surface area contributed by atoms with Crippen molar-refractivity contribution in [2.75, 3.05) is 11.4 Å². The summed E-state index contributed by atoms with van der Waals surface area (Å²) in [6, 6.07) is 1.63. The zero-order valence-corrected chi connectivity index (χ0v) is 8.42. The van der Waals surface area contributed by atoms with Gasteiger partial charge >= 0.3 is 0 Å². The van der Waals surface area contributed by atoms with Gasteiger partial charge in [-0.25, -0.2) is 0 Å². The zero-order valence-electron chi connectivity index (χ0n) is 6.83. The fourth-order valence-corrected chi connectivity index (χ4v) is 1.71. The molecule has 0 saturated heterocycles. The number of carbonyl (C=O) groups is 2. The molecule has 1 amide bonds. The minimum Gasteiger partial charge on any atom is -0.444 e. The lowest BCUT2D eigenvalue weighted by Crippen LogP contribution is -2.27. The van der Waals surface area contributed by atoms with Crippen molar-refractivity contribution in [1.82, 2.24) is 0 Å². The van der Waals surface area contributed by atoms with Crippen LogP contribution in [0.4, 0.5) is 5.69 Å². The number of carbonyl (C=O) groups excluding carboxylic acids is 2. The number of hydrogen-bond acceptors (Lipinski definition) is 3. The van der Waals surface area contributed by atoms with E-state index in [9.17, 15) is 9.59 Å². The fraction of sp³-hybridized carbons (Fsp3) is 0.250. The standard InChI is InChI=1S/C8H6BrNO3/c1-4(11)10-3-6(12)8-5(10)2-7(9)13-8/h2H,3H2,1H3. The zero-order chi connectivity index (χ0) is 9.59. The third-order valence-corrected chi connectivity index (χ3v) is 2.30. The summed E-state index contributed by atoms with van der Waals surface area (Å²) in [6.07, 6.45) is 0. The van der Waals surface area contributed by atoms with Gasteiger partial charge in [-0.3, -0.25) is 9.59 Å². The molecule has 0 N–H and O–H groups in total. The molecule has 1 aromatic heterocycles. The third-order valence-electron chi connectivity index (χ3n) is 1.91. The van der Waals surface area contributed by atoms with Gasteiger partial charge < -0.3 is 9.32 Å². The Balaban J connectivity index is 2.51. The molecule has 0 aromatic carbocycles. The van der Waals surface area contributed by atoms with Crippen molar-refractivity contribution < 1.29 is 14.0 Å². The number of hydrogen-bond donors (Lipinski definition) is 0. The number of ketones is 1. The second-order valence-corrected chi connectivity index (χ2v) is 3.57. The van der Waals surface area contributed by atoms with Gasteiger partial charge in [0.25, 0.3) is 0 Å². The van der Waals surface area contributed by atoms with Crippen LogP contribution in [-0.2, 0) is 4.79 Å². The van der Waals surface area contributed by atoms with Gasteiger partial charge in [-0.15, -0.1) is 0 Å². The summed E-state index contributed by atoms with van der Waals surface area (Å²) < 4.78 is 5.56. The van der Waals surface area contributed by atoms with E-state index in [4.69, 9.17) is 4.42 Å². The smallest absolute Gasteiger partial charge is 0.224 e. The van der Waals surface area contributed by atoms with Crippen LogP contribution in [0.15, 0.2) is 15.2 Å². The van der Waals surface area contributed by atoms with Crippen LogP contribution in [0.25, 0.3) is 0 Å². The second kappa shape index (κ2) is 2.70. The lowest BCUT2D eigenvalue weighted by molar-refractivity contribution is -0.116. The van der Waals surface area contributed by atoms with Crippen molar-refractivity contribution in [3.63, 3.8) is 0 Å². The van der Waals surface area contributed by atoms with Crippen molar-refractivity contribution in [3.05, 3.63) is 16.5 Å². The molecule has 0 bridgehead atoms. The average molecular weight is 244 g/mol. The minimum atomic E-state index is -0.157. The third kappa shape index (κ3) is 1.19. The molecule has 0 saturated carbocycles. The highest BCUT2D eigenvalue weighted by Crippen LogP contribution is 2.33. The average Bonchev–Trinajstić information content (AvgIpc) is 2.51. The largest absolute Gasteiger partial charge is 0.444 e. The number of Topliss-reactive ketones (excluding diaryl/α,β-unsaturated/α-hetero) is 1. The van der Waals surface area contributed by atoms with E-state index >= 15 is 0 Å². The highest BCUT2D eigenvalue weighted by molar-refractivity contribution is 9.10. The van der Waals surface area contributed by atoms with Gasteiger partial charge in [0, 0.05) is 13.0 Å². The van der Waals surface area contributed by atoms with Gasteiger partial charge in [0.1, 0.15) is 0 Å². The van der Waals surface area contributed by atoms with E-state index in [0.717, 1.165) is 0 Å². The molecule has 1 aliphatic rings. The number of fused-ring (bicyclic) bond motifs is 1. The number of nitrogens with zero attached hydrogens (tertiary/aromatic N) is 1. The molecule has 5 heteroatoms. The Morgan fingerprint density at radius 2 is 2.38 bits per heavy atom. The Kier molecular flexibility index (Phi) is 1.76. The van der Waals surface area contributed by atoms with Crippen molar-refractivity contribution in [1.29, 1.82) is 0 Å². The molecule has 0 radical (unpaired) electrons. The van der Waals surface area contributed by atoms with Crippen molar-refractivity contribution >= 4 is 33.3 Å². The molecule has 1 aliphatic heterocycles. The van der Waals surface area contributed by atoms with E-state index in [-0.39, 0.29) is 24.0 Å². The number of amides is 1. The topological polar surface area (TPSA) is 50.5 Å². The summed E-state index contributed by atoms with van der Waals surface area (Å²) in [6.45, 7) is 1.51. The van der Waals surface area contributed by atoms with E-state index < -0.39 is 0 Å². The second-order valence-electron chi connectivity index (χ2n) is 2.79. The van der Waals surface area contributed by atoms with Crippen LogP contribution in [0.2, 0.25) is 0 Å². The minimum absolute atomic E-state index is 0.0940. The van der Waals surface area contributed by atoms with Crippen molar-refractivity contribution in [2.45, 2.75) is 6.92 Å². The van der Waals surface area contributed by atoms with Crippen LogP contribution in [0, 0.1) is 0 Å². The predicted octanol–water partition coefficient (Wildman–Crippen LogP) is 1.59. The molecular formula is C8H6BrNO3. The molecular weight excluding hydrogens is 238 g/mol. The summed E-state index contributed by atoms with van der Waals surface area (Å²) in [7, 11) is 0. The number of halogens is 1. The molecule has 0 spiro atoms. The van der Waals surface area contributed by atoms with E-state index in [1.165, 1.54) is 11.8 Å². The fourth-order valence-electron chi connectivity index (χ4n) is 1.33. The molecule has 0 aliphatic carbocycles. The molecule has 0 atom stereocenters. The molecule has 0 fully saturated rings. The molecule has 2 rings (SSSR count). The molecule has 0 unspecified atom stereocenters. The van der Waals surface area contributed by atoms with Crippen LogP contribution in [0.1, 0.15) is 17.5 Å². The first-order valence-corrected chi connectivity index (χ1v) is 4.49. The van der Waals surface area contributed by atoms with Crippen molar-refractivity contribution in [3.8, 4) is 0 Å². The molecule has 4 nitrogen and oxygen atoms in total. The van der Waals surface area contributed by atoms with Gasteiger partial charge in [-0.1, -0.05) is 0 Å². The monoisotopic (exact) mass is 243 g/mol. The summed E-state index contributed by atoms with van der Waals surface area (Å²) in [5, 5.41) is 0. The van der Waals surface area contributed by atoms with Gasteiger partial charge in [0.2, 0.25) is 11.7 Å². The first kappa shape index (κ1) is 8.50. The molecule has 13 heavy (non-hydrogen) atoms. The lowest BCUT2D eigenvalue weighted by Gasteiger charge is -2.10. The Morgan fingerprint density at radius 1 is 1.69 bits per heavy atom. The maximum Gasteiger partial charge on any atom is 0.224 e. The molecule has 1 aromatic rings. The summed E-state index contributed by atoms with van der Waals surface area (Å²) in [5.41, 5.74) is 0.560. The van der Waals surface area contributed by atoms with E-state index in [0.29, 0.717) is 10.4 Å². The molecule has 2 heterocycles. The summed E-state index contributed by atoms with van der Waals surface area (Å²) >= 11 is 3.10. The Labute approximate surface area is 82.6 Å². The van der Waals surface area contributed by atoms with Gasteiger partial charge in [0.15, 0.2) is 10.4 Å². The van der Waals surface area contributed by atoms with E-state index in [1.54, 1.807) is 6.07 Å². The highest BCUT2D eigenvalue weighted by Gasteiger charge is 2.33. The van der Waals surface area contributed by atoms with Gasteiger partial charge in [0.05, 0.1) is 12.2 Å². The maximum absolute atomic E-state index is 11.3. The highest BCUT2D eigenvalue weighted by atomic mass is 79.9. The number of furan rings is 1. The lowest BCUT2D eigenvalue weighted by atomic mass is 10.3. The maximum atomic E-state index is 11.3. The van der Waals surface area contributed by atoms with Crippen LogP contribution < -0.4 is 4.90 Å². The van der Waals surface area contributed by atoms with Crippen LogP contribution in [0.5, 0.6) is 0 Å². The Hall–Kier alpha value is -1.10. The van der Waals surface area contributed by atoms with Crippen LogP contribution in [0.3, 0.4) is 0 Å². The van der Waals surface area contributed by atoms with Crippen LogP contribution >= 0.6 is 15.9 Å². The van der Waals surface area contributed by atoms with E-state index in [2.05, 4.69) is 15.9 Å². The molecule has 68 valence electrons. The number of rotatable bonds is 0. The van der Waals surface area contributed by atoms with Gasteiger partial charge in [-0.2, -0.15) is 0 Å². The first-order chi connectivity index (χ1) is 6.09. The summed E-state index contributed by atoms with van der Waals surface area (Å²) in [4.78, 5) is 23.8. The van der Waals surface area contributed by atoms with Gasteiger partial charge in [-0.05, 0) is 15.9 Å². The normalized spacial score (nSPS) is 14.9. The quantitative estimate of drug-likeness (QED) is 0.696.